The van der Waals surface area contributed by atoms with Crippen LogP contribution in [0.3, 0.4) is 0 Å². The number of hydrogen-bond donors (Lipinski definition) is 0. The summed E-state index contributed by atoms with van der Waals surface area (Å²) in [4.78, 5) is 39.6. The van der Waals surface area contributed by atoms with Crippen molar-refractivity contribution in [2.24, 2.45) is 11.8 Å². The molecule has 0 radical (unpaired) electrons. The number of imide groups is 1. The molecule has 8 heteroatoms. The van der Waals surface area contributed by atoms with Crippen LogP contribution in [0.1, 0.15) is 36.8 Å². The summed E-state index contributed by atoms with van der Waals surface area (Å²) in [5.41, 5.74) is -0.220. The molecule has 1 aliphatic heterocycles. The summed E-state index contributed by atoms with van der Waals surface area (Å²) in [6.45, 7) is -0.220. The fourth-order valence-corrected chi connectivity index (χ4v) is 3.80. The number of alkyl halides is 3. The second-order valence-corrected chi connectivity index (χ2v) is 7.20. The number of fused-ring (bicyclic) bond motifs is 1. The van der Waals surface area contributed by atoms with Crippen molar-refractivity contribution in [1.29, 1.82) is 0 Å². The van der Waals surface area contributed by atoms with Crippen LogP contribution in [0.2, 0.25) is 0 Å². The van der Waals surface area contributed by atoms with Crippen molar-refractivity contribution in [2.75, 3.05) is 13.6 Å². The number of benzene rings is 1. The van der Waals surface area contributed by atoms with Crippen molar-refractivity contribution in [3.05, 3.63) is 35.4 Å². The van der Waals surface area contributed by atoms with Gasteiger partial charge in [0.1, 0.15) is 6.54 Å². The van der Waals surface area contributed by atoms with Gasteiger partial charge in [0.2, 0.25) is 17.7 Å². The lowest BCUT2D eigenvalue weighted by molar-refractivity contribution is -0.146. The third-order valence-electron chi connectivity index (χ3n) is 5.35. The second-order valence-electron chi connectivity index (χ2n) is 7.20. The largest absolute Gasteiger partial charge is 0.416 e. The number of likely N-dealkylation sites (N-methyl/N-ethyl adjacent to an activating group) is 1. The Morgan fingerprint density at radius 1 is 1.07 bits per heavy atom. The molecule has 1 aliphatic carbocycles. The van der Waals surface area contributed by atoms with Crippen LogP contribution in [0.5, 0.6) is 0 Å². The van der Waals surface area contributed by atoms with Crippen LogP contribution in [0.4, 0.5) is 13.2 Å². The lowest BCUT2D eigenvalue weighted by Gasteiger charge is -2.21. The van der Waals surface area contributed by atoms with Gasteiger partial charge >= 0.3 is 6.18 Å². The Bertz CT molecular complexity index is 722. The van der Waals surface area contributed by atoms with E-state index in [2.05, 4.69) is 0 Å². The van der Waals surface area contributed by atoms with E-state index in [1.165, 1.54) is 24.1 Å². The maximum Gasteiger partial charge on any atom is 0.416 e. The fraction of sp³-hybridized carbons (Fsp3) is 0.526. The minimum Gasteiger partial charge on any atom is -0.340 e. The molecule has 1 saturated heterocycles. The number of hydrogen-bond acceptors (Lipinski definition) is 3. The predicted octanol–water partition coefficient (Wildman–Crippen LogP) is 2.84. The van der Waals surface area contributed by atoms with Gasteiger partial charge in [0.05, 0.1) is 17.4 Å². The Kier molecular flexibility index (Phi) is 5.26. The highest BCUT2D eigenvalue weighted by Gasteiger charge is 2.48. The Balaban J connectivity index is 1.61. The number of carbonyl (C=O) groups is 3. The molecule has 0 spiro atoms. The normalized spacial score (nSPS) is 22.7. The van der Waals surface area contributed by atoms with E-state index in [0.29, 0.717) is 18.4 Å². The number of halogens is 3. The van der Waals surface area contributed by atoms with E-state index in [0.717, 1.165) is 29.9 Å². The van der Waals surface area contributed by atoms with Gasteiger partial charge in [0.25, 0.3) is 0 Å². The molecule has 0 N–H and O–H groups in total. The average Bonchev–Trinajstić information content (AvgIpc) is 2.86. The highest BCUT2D eigenvalue weighted by Crippen LogP contribution is 2.38. The number of likely N-dealkylation sites (tertiary alicyclic amines) is 1. The summed E-state index contributed by atoms with van der Waals surface area (Å²) < 4.78 is 37.8. The van der Waals surface area contributed by atoms with E-state index in [-0.39, 0.29) is 36.7 Å². The topological polar surface area (TPSA) is 57.7 Å². The lowest BCUT2D eigenvalue weighted by Crippen LogP contribution is -2.41. The molecular formula is C19H21F3N2O3. The Hall–Kier alpha value is -2.38. The monoisotopic (exact) mass is 382 g/mol. The molecule has 0 bridgehead atoms. The summed E-state index contributed by atoms with van der Waals surface area (Å²) >= 11 is 0. The van der Waals surface area contributed by atoms with Crippen molar-refractivity contribution in [1.82, 2.24) is 9.80 Å². The zero-order chi connectivity index (χ0) is 19.8. The van der Waals surface area contributed by atoms with Gasteiger partial charge in [-0.05, 0) is 30.5 Å². The fourth-order valence-electron chi connectivity index (χ4n) is 3.80. The molecule has 3 amide bonds. The van der Waals surface area contributed by atoms with Gasteiger partial charge in [-0.3, -0.25) is 19.3 Å². The van der Waals surface area contributed by atoms with Crippen LogP contribution in [0, 0.1) is 11.8 Å². The summed E-state index contributed by atoms with van der Waals surface area (Å²) in [5.74, 6) is -1.59. The minimum absolute atomic E-state index is 0.0973. The summed E-state index contributed by atoms with van der Waals surface area (Å²) in [6.07, 6.45) is -1.22. The molecule has 146 valence electrons. The van der Waals surface area contributed by atoms with Crippen molar-refractivity contribution in [3.63, 3.8) is 0 Å². The van der Waals surface area contributed by atoms with Crippen LogP contribution in [0.15, 0.2) is 24.3 Å². The first-order chi connectivity index (χ1) is 12.7. The minimum atomic E-state index is -4.41. The number of amides is 3. The molecule has 1 aromatic rings. The molecule has 1 saturated carbocycles. The molecule has 0 aromatic heterocycles. The third-order valence-corrected chi connectivity index (χ3v) is 5.35. The standard InChI is InChI=1S/C19H21F3N2O3/c1-23(10-12-6-8-13(9-7-12)19(20,21)22)16(25)11-24-17(26)14-4-2-3-5-15(14)18(24)27/h6-9,14-15H,2-5,10-11H2,1H3. The lowest BCUT2D eigenvalue weighted by atomic mass is 9.81. The van der Waals surface area contributed by atoms with Crippen molar-refractivity contribution < 1.29 is 27.6 Å². The molecule has 1 heterocycles. The van der Waals surface area contributed by atoms with Gasteiger partial charge < -0.3 is 4.90 Å². The molecule has 3 rings (SSSR count). The zero-order valence-corrected chi connectivity index (χ0v) is 15.0. The van der Waals surface area contributed by atoms with E-state index >= 15 is 0 Å². The molecule has 2 aliphatic rings. The first kappa shape index (κ1) is 19.4. The van der Waals surface area contributed by atoms with E-state index < -0.39 is 17.6 Å². The quantitative estimate of drug-likeness (QED) is 0.753. The average molecular weight is 382 g/mol. The van der Waals surface area contributed by atoms with E-state index in [4.69, 9.17) is 0 Å². The van der Waals surface area contributed by atoms with Crippen LogP contribution < -0.4 is 0 Å². The van der Waals surface area contributed by atoms with E-state index in [1.807, 2.05) is 0 Å². The maximum absolute atomic E-state index is 12.6. The molecule has 1 aromatic carbocycles. The highest BCUT2D eigenvalue weighted by atomic mass is 19.4. The second kappa shape index (κ2) is 7.32. The molecule has 5 nitrogen and oxygen atoms in total. The molecule has 2 unspecified atom stereocenters. The highest BCUT2D eigenvalue weighted by molar-refractivity contribution is 6.07. The van der Waals surface area contributed by atoms with Crippen molar-refractivity contribution >= 4 is 17.7 Å². The van der Waals surface area contributed by atoms with Gasteiger partial charge in [-0.2, -0.15) is 13.2 Å². The first-order valence-electron chi connectivity index (χ1n) is 8.94. The van der Waals surface area contributed by atoms with Crippen LogP contribution >= 0.6 is 0 Å². The van der Waals surface area contributed by atoms with E-state index in [9.17, 15) is 27.6 Å². The Morgan fingerprint density at radius 2 is 1.59 bits per heavy atom. The van der Waals surface area contributed by atoms with Gasteiger partial charge in [-0.1, -0.05) is 25.0 Å². The maximum atomic E-state index is 12.6. The molecule has 2 atom stereocenters. The Labute approximate surface area is 155 Å². The summed E-state index contributed by atoms with van der Waals surface area (Å²) in [5, 5.41) is 0. The van der Waals surface area contributed by atoms with Gasteiger partial charge in [-0.15, -0.1) is 0 Å². The number of carbonyl (C=O) groups excluding carboxylic acids is 3. The van der Waals surface area contributed by atoms with Crippen molar-refractivity contribution in [2.45, 2.75) is 38.4 Å². The van der Waals surface area contributed by atoms with Crippen LogP contribution in [0.25, 0.3) is 0 Å². The summed E-state index contributed by atoms with van der Waals surface area (Å²) in [7, 11) is 1.50. The predicted molar refractivity (Wildman–Crippen MR) is 90.1 cm³/mol. The number of nitrogens with zero attached hydrogens (tertiary/aromatic N) is 2. The smallest absolute Gasteiger partial charge is 0.340 e. The molecule has 2 fully saturated rings. The zero-order valence-electron chi connectivity index (χ0n) is 15.0. The third kappa shape index (κ3) is 3.99. The van der Waals surface area contributed by atoms with E-state index in [1.54, 1.807) is 0 Å². The van der Waals surface area contributed by atoms with Gasteiger partial charge in [0.15, 0.2) is 0 Å². The molecular weight excluding hydrogens is 361 g/mol. The van der Waals surface area contributed by atoms with Crippen LogP contribution in [-0.2, 0) is 27.1 Å². The van der Waals surface area contributed by atoms with Crippen LogP contribution in [-0.4, -0.2) is 41.1 Å². The Morgan fingerprint density at radius 3 is 2.07 bits per heavy atom. The van der Waals surface area contributed by atoms with Gasteiger partial charge in [0, 0.05) is 13.6 Å². The first-order valence-corrected chi connectivity index (χ1v) is 8.94. The molecule has 27 heavy (non-hydrogen) atoms. The SMILES string of the molecule is CN(Cc1ccc(C(F)(F)F)cc1)C(=O)CN1C(=O)C2CCCCC2C1=O. The summed E-state index contributed by atoms with van der Waals surface area (Å²) in [6, 6.07) is 4.55. The van der Waals surface area contributed by atoms with Crippen molar-refractivity contribution in [3.8, 4) is 0 Å². The van der Waals surface area contributed by atoms with Gasteiger partial charge in [-0.25, -0.2) is 0 Å². The number of rotatable bonds is 4.